The predicted molar refractivity (Wildman–Crippen MR) is 77.9 cm³/mol. The van der Waals surface area contributed by atoms with Gasteiger partial charge in [-0.2, -0.15) is 0 Å². The number of ether oxygens (including phenoxy) is 1. The lowest BCUT2D eigenvalue weighted by Gasteiger charge is -2.43. The Kier molecular flexibility index (Phi) is 3.18. The van der Waals surface area contributed by atoms with Gasteiger partial charge in [-0.25, -0.2) is 0 Å². The summed E-state index contributed by atoms with van der Waals surface area (Å²) in [6.07, 6.45) is 4.17. The molecule has 3 atom stereocenters. The van der Waals surface area contributed by atoms with Gasteiger partial charge in [0.25, 0.3) is 0 Å². The van der Waals surface area contributed by atoms with Gasteiger partial charge < -0.3 is 10.1 Å². The Morgan fingerprint density at radius 1 is 1.26 bits per heavy atom. The lowest BCUT2D eigenvalue weighted by atomic mass is 9.75. The first-order valence-electron chi connectivity index (χ1n) is 7.42. The molecule has 0 saturated heterocycles. The summed E-state index contributed by atoms with van der Waals surface area (Å²) in [5.74, 6) is 0.806. The summed E-state index contributed by atoms with van der Waals surface area (Å²) in [6.45, 7) is 5.78. The van der Waals surface area contributed by atoms with Gasteiger partial charge in [-0.1, -0.05) is 44.2 Å². The molecule has 2 bridgehead atoms. The first kappa shape index (κ1) is 13.1. The van der Waals surface area contributed by atoms with Crippen molar-refractivity contribution in [2.24, 2.45) is 11.3 Å². The van der Waals surface area contributed by atoms with Gasteiger partial charge in [-0.05, 0) is 36.2 Å². The summed E-state index contributed by atoms with van der Waals surface area (Å²) < 4.78 is 5.81. The van der Waals surface area contributed by atoms with Gasteiger partial charge in [0.15, 0.2) is 0 Å². The summed E-state index contributed by atoms with van der Waals surface area (Å²) in [4.78, 5) is 0. The van der Waals surface area contributed by atoms with Gasteiger partial charge >= 0.3 is 0 Å². The third-order valence-electron chi connectivity index (χ3n) is 5.84. The van der Waals surface area contributed by atoms with Gasteiger partial charge in [0.1, 0.15) is 0 Å². The molecule has 0 amide bonds. The fraction of sp³-hybridized carbons (Fsp3) is 0.647. The van der Waals surface area contributed by atoms with Crippen LogP contribution in [-0.4, -0.2) is 18.8 Å². The standard InChI is InChI=1S/C17H25NO/c1-16(2)14-9-10-17(16,15(11-14)19-3)18-12-13-7-5-4-6-8-13/h4-8,14-15,18H,9-12H2,1-3H3/t14?,15-,17?/m1/s1. The monoisotopic (exact) mass is 259 g/mol. The highest BCUT2D eigenvalue weighted by Gasteiger charge is 2.64. The molecule has 0 aliphatic heterocycles. The first-order valence-corrected chi connectivity index (χ1v) is 7.42. The Morgan fingerprint density at radius 2 is 2.00 bits per heavy atom. The molecular weight excluding hydrogens is 234 g/mol. The zero-order valence-electron chi connectivity index (χ0n) is 12.3. The van der Waals surface area contributed by atoms with Crippen LogP contribution in [0, 0.1) is 11.3 Å². The SMILES string of the molecule is CO[C@@H]1CC2CCC1(NCc1ccccc1)C2(C)C. The third-order valence-corrected chi connectivity index (χ3v) is 5.84. The Balaban J connectivity index is 1.80. The fourth-order valence-electron chi connectivity index (χ4n) is 4.48. The van der Waals surface area contributed by atoms with E-state index in [1.165, 1.54) is 24.8 Å². The highest BCUT2D eigenvalue weighted by Crippen LogP contribution is 2.60. The molecule has 2 fully saturated rings. The largest absolute Gasteiger partial charge is 0.380 e. The van der Waals surface area contributed by atoms with Gasteiger partial charge in [-0.15, -0.1) is 0 Å². The summed E-state index contributed by atoms with van der Waals surface area (Å²) in [5, 5.41) is 3.87. The minimum Gasteiger partial charge on any atom is -0.380 e. The van der Waals surface area contributed by atoms with Gasteiger partial charge in [0.05, 0.1) is 11.6 Å². The molecule has 0 spiro atoms. The van der Waals surface area contributed by atoms with Crippen molar-refractivity contribution < 1.29 is 4.74 Å². The van der Waals surface area contributed by atoms with Crippen molar-refractivity contribution in [3.8, 4) is 0 Å². The van der Waals surface area contributed by atoms with E-state index in [-0.39, 0.29) is 5.54 Å². The molecule has 2 aliphatic rings. The molecule has 1 N–H and O–H groups in total. The van der Waals surface area contributed by atoms with E-state index < -0.39 is 0 Å². The summed E-state index contributed by atoms with van der Waals surface area (Å²) in [6, 6.07) is 10.7. The van der Waals surface area contributed by atoms with E-state index in [1.807, 2.05) is 7.11 Å². The van der Waals surface area contributed by atoms with Crippen LogP contribution in [0.2, 0.25) is 0 Å². The molecule has 2 unspecified atom stereocenters. The van der Waals surface area contributed by atoms with Crippen molar-refractivity contribution in [1.29, 1.82) is 0 Å². The van der Waals surface area contributed by atoms with Gasteiger partial charge in [0, 0.05) is 13.7 Å². The topological polar surface area (TPSA) is 21.3 Å². The van der Waals surface area contributed by atoms with Crippen LogP contribution < -0.4 is 5.32 Å². The summed E-state index contributed by atoms with van der Waals surface area (Å²) in [5.41, 5.74) is 1.85. The number of fused-ring (bicyclic) bond motifs is 2. The normalized spacial score (nSPS) is 35.7. The Morgan fingerprint density at radius 3 is 2.63 bits per heavy atom. The molecular formula is C17H25NO. The summed E-state index contributed by atoms with van der Waals surface area (Å²) >= 11 is 0. The number of methoxy groups -OCH3 is 1. The maximum atomic E-state index is 5.81. The zero-order chi connectivity index (χ0) is 13.5. The Hall–Kier alpha value is -0.860. The molecule has 2 aliphatic carbocycles. The van der Waals surface area contributed by atoms with E-state index in [4.69, 9.17) is 4.74 Å². The third kappa shape index (κ3) is 1.85. The summed E-state index contributed by atoms with van der Waals surface area (Å²) in [7, 11) is 1.87. The minimum absolute atomic E-state index is 0.155. The average Bonchev–Trinajstić information content (AvgIpc) is 2.81. The van der Waals surface area contributed by atoms with Crippen molar-refractivity contribution in [2.75, 3.05) is 7.11 Å². The van der Waals surface area contributed by atoms with Crippen LogP contribution in [0.25, 0.3) is 0 Å². The highest BCUT2D eigenvalue weighted by atomic mass is 16.5. The Bertz CT molecular complexity index is 442. The van der Waals surface area contributed by atoms with Crippen molar-refractivity contribution in [3.05, 3.63) is 35.9 Å². The fourth-order valence-corrected chi connectivity index (χ4v) is 4.48. The van der Waals surface area contributed by atoms with Crippen LogP contribution >= 0.6 is 0 Å². The predicted octanol–water partition coefficient (Wildman–Crippen LogP) is 3.37. The lowest BCUT2D eigenvalue weighted by molar-refractivity contribution is 0.00144. The zero-order valence-corrected chi connectivity index (χ0v) is 12.3. The van der Waals surface area contributed by atoms with Crippen molar-refractivity contribution in [1.82, 2.24) is 5.32 Å². The molecule has 2 nitrogen and oxygen atoms in total. The van der Waals surface area contributed by atoms with Gasteiger partial charge in [0.2, 0.25) is 0 Å². The maximum absolute atomic E-state index is 5.81. The van der Waals surface area contributed by atoms with E-state index in [2.05, 4.69) is 49.5 Å². The second-order valence-corrected chi connectivity index (χ2v) is 6.73. The highest BCUT2D eigenvalue weighted by molar-refractivity contribution is 5.21. The maximum Gasteiger partial charge on any atom is 0.0761 e. The number of nitrogens with one attached hydrogen (secondary N) is 1. The molecule has 2 heteroatoms. The molecule has 0 heterocycles. The number of benzene rings is 1. The van der Waals surface area contributed by atoms with Crippen LogP contribution in [-0.2, 0) is 11.3 Å². The number of rotatable bonds is 4. The second-order valence-electron chi connectivity index (χ2n) is 6.73. The molecule has 0 radical (unpaired) electrons. The van der Waals surface area contributed by atoms with Crippen LogP contribution in [0.1, 0.15) is 38.7 Å². The van der Waals surface area contributed by atoms with Crippen molar-refractivity contribution >= 4 is 0 Å². The van der Waals surface area contributed by atoms with E-state index in [1.54, 1.807) is 0 Å². The quantitative estimate of drug-likeness (QED) is 0.895. The molecule has 2 saturated carbocycles. The number of hydrogen-bond acceptors (Lipinski definition) is 2. The molecule has 19 heavy (non-hydrogen) atoms. The van der Waals surface area contributed by atoms with Crippen LogP contribution in [0.5, 0.6) is 0 Å². The van der Waals surface area contributed by atoms with Crippen LogP contribution in [0.4, 0.5) is 0 Å². The van der Waals surface area contributed by atoms with Crippen LogP contribution in [0.15, 0.2) is 30.3 Å². The minimum atomic E-state index is 0.155. The second kappa shape index (κ2) is 4.60. The number of hydrogen-bond donors (Lipinski definition) is 1. The van der Waals surface area contributed by atoms with Crippen molar-refractivity contribution in [3.63, 3.8) is 0 Å². The molecule has 3 rings (SSSR count). The molecule has 1 aromatic carbocycles. The Labute approximate surface area is 116 Å². The molecule has 104 valence electrons. The molecule has 1 aromatic rings. The smallest absolute Gasteiger partial charge is 0.0761 e. The van der Waals surface area contributed by atoms with E-state index >= 15 is 0 Å². The lowest BCUT2D eigenvalue weighted by Crippen LogP contribution is -2.57. The average molecular weight is 259 g/mol. The van der Waals surface area contributed by atoms with Gasteiger partial charge in [-0.3, -0.25) is 0 Å². The van der Waals surface area contributed by atoms with E-state index in [0.29, 0.717) is 11.5 Å². The molecule has 0 aromatic heterocycles. The first-order chi connectivity index (χ1) is 9.10. The van der Waals surface area contributed by atoms with E-state index in [0.717, 1.165) is 12.5 Å². The van der Waals surface area contributed by atoms with Crippen molar-refractivity contribution in [2.45, 2.75) is 51.3 Å². The van der Waals surface area contributed by atoms with E-state index in [9.17, 15) is 0 Å². The van der Waals surface area contributed by atoms with Crippen LogP contribution in [0.3, 0.4) is 0 Å².